The maximum absolute atomic E-state index is 11.3. The second-order valence-electron chi connectivity index (χ2n) is 9.05. The van der Waals surface area contributed by atoms with E-state index in [9.17, 15) is 18.6 Å². The second kappa shape index (κ2) is 8.30. The van der Waals surface area contributed by atoms with Crippen molar-refractivity contribution in [3.8, 4) is 0 Å². The molecule has 0 radical (unpaired) electrons. The van der Waals surface area contributed by atoms with Crippen molar-refractivity contribution in [1.82, 2.24) is 4.90 Å². The van der Waals surface area contributed by atoms with Crippen molar-refractivity contribution < 1.29 is 18.6 Å². The van der Waals surface area contributed by atoms with Gasteiger partial charge in [0.05, 0.1) is 18.0 Å². The number of fused-ring (bicyclic) bond motifs is 1. The van der Waals surface area contributed by atoms with E-state index < -0.39 is 21.7 Å². The van der Waals surface area contributed by atoms with E-state index in [0.29, 0.717) is 30.5 Å². The summed E-state index contributed by atoms with van der Waals surface area (Å²) in [7, 11) is -3.31. The highest BCUT2D eigenvalue weighted by atomic mass is 32.2. The average molecular weight is 431 g/mol. The van der Waals surface area contributed by atoms with Gasteiger partial charge in [0.25, 0.3) is 0 Å². The van der Waals surface area contributed by atoms with Crippen LogP contribution in [0.5, 0.6) is 0 Å². The number of nitrogens with one attached hydrogen (secondary N) is 1. The molecule has 1 aliphatic carbocycles. The SMILES string of the molecule is CS(=O)(=O)Nc1ccc(C(O)CN2C[C@@H]3C[C@@](O)(Cc4ccccc4)C[C@@H]3C2)cc1. The molecule has 4 atom stereocenters. The summed E-state index contributed by atoms with van der Waals surface area (Å²) in [6, 6.07) is 17.0. The fourth-order valence-electron chi connectivity index (χ4n) is 5.16. The predicted octanol–water partition coefficient (Wildman–Crippen LogP) is 2.41. The Morgan fingerprint density at radius 1 is 1.07 bits per heavy atom. The number of rotatable bonds is 7. The van der Waals surface area contributed by atoms with Crippen molar-refractivity contribution >= 4 is 15.7 Å². The van der Waals surface area contributed by atoms with Crippen molar-refractivity contribution in [3.05, 3.63) is 65.7 Å². The van der Waals surface area contributed by atoms with Crippen LogP contribution in [-0.2, 0) is 16.4 Å². The van der Waals surface area contributed by atoms with Gasteiger partial charge in [0.1, 0.15) is 0 Å². The maximum atomic E-state index is 11.3. The summed E-state index contributed by atoms with van der Waals surface area (Å²) < 4.78 is 25.0. The third-order valence-electron chi connectivity index (χ3n) is 6.34. The monoisotopic (exact) mass is 430 g/mol. The summed E-state index contributed by atoms with van der Waals surface area (Å²) in [5.74, 6) is 0.930. The van der Waals surface area contributed by atoms with Gasteiger partial charge in [-0.2, -0.15) is 0 Å². The summed E-state index contributed by atoms with van der Waals surface area (Å²) in [5.41, 5.74) is 1.82. The van der Waals surface area contributed by atoms with Gasteiger partial charge < -0.3 is 10.2 Å². The molecule has 3 N–H and O–H groups in total. The number of hydrogen-bond donors (Lipinski definition) is 3. The van der Waals surface area contributed by atoms with Crippen LogP contribution >= 0.6 is 0 Å². The molecule has 0 spiro atoms. The van der Waals surface area contributed by atoms with Gasteiger partial charge in [-0.3, -0.25) is 9.62 Å². The lowest BCUT2D eigenvalue weighted by Crippen LogP contribution is -2.33. The van der Waals surface area contributed by atoms with Crippen molar-refractivity contribution in [2.24, 2.45) is 11.8 Å². The molecule has 30 heavy (non-hydrogen) atoms. The summed E-state index contributed by atoms with van der Waals surface area (Å²) in [6.45, 7) is 2.34. The standard InChI is InChI=1S/C23H30N2O4S/c1-30(28,29)24-21-9-7-18(8-10-21)22(26)16-25-14-19-12-23(27,13-20(19)15-25)11-17-5-3-2-4-6-17/h2-10,19-20,22,24,26-27H,11-16H2,1H3/t19-,20+,22?,23-. The van der Waals surface area contributed by atoms with Crippen LogP contribution in [-0.4, -0.2) is 55.0 Å². The van der Waals surface area contributed by atoms with Crippen molar-refractivity contribution in [3.63, 3.8) is 0 Å². The Morgan fingerprint density at radius 2 is 1.67 bits per heavy atom. The minimum atomic E-state index is -3.31. The van der Waals surface area contributed by atoms with E-state index >= 15 is 0 Å². The van der Waals surface area contributed by atoms with Gasteiger partial charge in [-0.25, -0.2) is 8.42 Å². The molecule has 1 heterocycles. The topological polar surface area (TPSA) is 89.9 Å². The number of aliphatic hydroxyl groups is 2. The molecule has 1 unspecified atom stereocenters. The summed E-state index contributed by atoms with van der Waals surface area (Å²) in [6.07, 6.45) is 2.81. The van der Waals surface area contributed by atoms with E-state index in [2.05, 4.69) is 21.8 Å². The lowest BCUT2D eigenvalue weighted by atomic mass is 9.91. The Morgan fingerprint density at radius 3 is 2.23 bits per heavy atom. The average Bonchev–Trinajstić information content (AvgIpc) is 3.15. The normalized spacial score (nSPS) is 27.7. The molecule has 2 aromatic rings. The number of likely N-dealkylation sites (tertiary alicyclic amines) is 1. The first-order valence-corrected chi connectivity index (χ1v) is 12.3. The summed E-state index contributed by atoms with van der Waals surface area (Å²) >= 11 is 0. The molecule has 4 rings (SSSR count). The van der Waals surface area contributed by atoms with E-state index in [1.165, 1.54) is 5.56 Å². The van der Waals surface area contributed by atoms with Crippen LogP contribution in [0.2, 0.25) is 0 Å². The van der Waals surface area contributed by atoms with Gasteiger partial charge >= 0.3 is 0 Å². The first-order chi connectivity index (χ1) is 14.2. The zero-order valence-electron chi connectivity index (χ0n) is 17.2. The number of benzene rings is 2. The van der Waals surface area contributed by atoms with Crippen molar-refractivity contribution in [2.45, 2.75) is 31.0 Å². The first kappa shape index (κ1) is 21.3. The molecule has 1 saturated carbocycles. The molecule has 2 aliphatic rings. The molecule has 2 fully saturated rings. The van der Waals surface area contributed by atoms with Crippen molar-refractivity contribution in [1.29, 1.82) is 0 Å². The van der Waals surface area contributed by atoms with Crippen LogP contribution in [0.1, 0.15) is 30.1 Å². The number of aliphatic hydroxyl groups excluding tert-OH is 1. The van der Waals surface area contributed by atoms with Gasteiger partial charge in [0, 0.05) is 31.7 Å². The van der Waals surface area contributed by atoms with E-state index in [0.717, 1.165) is 37.8 Å². The van der Waals surface area contributed by atoms with Gasteiger partial charge in [-0.1, -0.05) is 42.5 Å². The van der Waals surface area contributed by atoms with Crippen LogP contribution in [0, 0.1) is 11.8 Å². The summed E-state index contributed by atoms with van der Waals surface area (Å²) in [5, 5.41) is 21.7. The fraction of sp³-hybridized carbons (Fsp3) is 0.478. The molecule has 7 heteroatoms. The van der Waals surface area contributed by atoms with Crippen LogP contribution in [0.3, 0.4) is 0 Å². The molecule has 1 saturated heterocycles. The number of anilines is 1. The Balaban J connectivity index is 1.30. The van der Waals surface area contributed by atoms with Gasteiger partial charge in [0.2, 0.25) is 10.0 Å². The van der Waals surface area contributed by atoms with E-state index in [1.807, 2.05) is 18.2 Å². The molecule has 6 nitrogen and oxygen atoms in total. The molecular formula is C23H30N2O4S. The molecule has 0 amide bonds. The quantitative estimate of drug-likeness (QED) is 0.628. The highest BCUT2D eigenvalue weighted by Crippen LogP contribution is 2.45. The summed E-state index contributed by atoms with van der Waals surface area (Å²) in [4.78, 5) is 2.28. The lowest BCUT2D eigenvalue weighted by molar-refractivity contribution is 0.0328. The second-order valence-corrected chi connectivity index (χ2v) is 10.8. The predicted molar refractivity (Wildman–Crippen MR) is 118 cm³/mol. The third kappa shape index (κ3) is 5.21. The van der Waals surface area contributed by atoms with Crippen LogP contribution in [0.4, 0.5) is 5.69 Å². The zero-order valence-corrected chi connectivity index (χ0v) is 18.1. The molecule has 1 aliphatic heterocycles. The van der Waals surface area contributed by atoms with Crippen LogP contribution in [0.15, 0.2) is 54.6 Å². The molecule has 2 aromatic carbocycles. The maximum Gasteiger partial charge on any atom is 0.229 e. The minimum absolute atomic E-state index is 0.465. The Kier molecular flexibility index (Phi) is 5.90. The van der Waals surface area contributed by atoms with Crippen LogP contribution < -0.4 is 4.72 Å². The van der Waals surface area contributed by atoms with Crippen LogP contribution in [0.25, 0.3) is 0 Å². The highest BCUT2D eigenvalue weighted by molar-refractivity contribution is 7.92. The number of β-amino-alcohol motifs (C(OH)–C–C–N with tert-alkyl or cyclic N) is 1. The Labute approximate surface area is 178 Å². The zero-order chi connectivity index (χ0) is 21.4. The number of hydrogen-bond acceptors (Lipinski definition) is 5. The van der Waals surface area contributed by atoms with Crippen molar-refractivity contribution in [2.75, 3.05) is 30.6 Å². The molecule has 0 aromatic heterocycles. The lowest BCUT2D eigenvalue weighted by Gasteiger charge is -2.27. The molecule has 162 valence electrons. The van der Waals surface area contributed by atoms with Gasteiger partial charge in [-0.15, -0.1) is 0 Å². The van der Waals surface area contributed by atoms with E-state index in [4.69, 9.17) is 0 Å². The highest BCUT2D eigenvalue weighted by Gasteiger charge is 2.48. The third-order valence-corrected chi connectivity index (χ3v) is 6.95. The van der Waals surface area contributed by atoms with Gasteiger partial charge in [-0.05, 0) is 47.9 Å². The smallest absolute Gasteiger partial charge is 0.229 e. The minimum Gasteiger partial charge on any atom is -0.390 e. The largest absolute Gasteiger partial charge is 0.390 e. The fourth-order valence-corrected chi connectivity index (χ4v) is 5.73. The Hall–Kier alpha value is -1.93. The Bertz CT molecular complexity index is 948. The number of nitrogens with zero attached hydrogens (tertiary/aromatic N) is 1. The van der Waals surface area contributed by atoms with E-state index in [-0.39, 0.29) is 0 Å². The molecular weight excluding hydrogens is 400 g/mol. The van der Waals surface area contributed by atoms with E-state index in [1.54, 1.807) is 24.3 Å². The first-order valence-electron chi connectivity index (χ1n) is 10.4. The number of sulfonamides is 1. The van der Waals surface area contributed by atoms with Gasteiger partial charge in [0.15, 0.2) is 0 Å². The molecule has 0 bridgehead atoms.